The highest BCUT2D eigenvalue weighted by molar-refractivity contribution is 5.85. The first-order valence-corrected chi connectivity index (χ1v) is 4.43. The van der Waals surface area contributed by atoms with E-state index in [9.17, 15) is 5.11 Å². The van der Waals surface area contributed by atoms with Gasteiger partial charge >= 0.3 is 0 Å². The molecule has 0 bridgehead atoms. The Morgan fingerprint density at radius 1 is 1.36 bits per heavy atom. The van der Waals surface area contributed by atoms with Crippen molar-refractivity contribution >= 4 is 12.4 Å². The summed E-state index contributed by atoms with van der Waals surface area (Å²) in [6.45, 7) is 0.480. The van der Waals surface area contributed by atoms with E-state index in [4.69, 9.17) is 10.5 Å². The van der Waals surface area contributed by atoms with Crippen LogP contribution in [0.3, 0.4) is 0 Å². The van der Waals surface area contributed by atoms with Crippen molar-refractivity contribution in [1.29, 1.82) is 0 Å². The molecule has 1 aliphatic heterocycles. The van der Waals surface area contributed by atoms with E-state index in [0.717, 1.165) is 11.3 Å². The molecule has 1 heterocycles. The van der Waals surface area contributed by atoms with Crippen LogP contribution in [0.2, 0.25) is 0 Å². The number of hydrogen-bond donors (Lipinski definition) is 2. The molecule has 0 amide bonds. The van der Waals surface area contributed by atoms with Crippen LogP contribution in [0.25, 0.3) is 0 Å². The second-order valence-electron chi connectivity index (χ2n) is 3.36. The summed E-state index contributed by atoms with van der Waals surface area (Å²) in [4.78, 5) is 0. The van der Waals surface area contributed by atoms with Gasteiger partial charge in [-0.2, -0.15) is 0 Å². The Hall–Kier alpha value is -0.770. The van der Waals surface area contributed by atoms with Gasteiger partial charge < -0.3 is 15.6 Å². The maximum atomic E-state index is 9.75. The molecule has 2 atom stereocenters. The number of aliphatic hydroxyl groups excluding tert-OH is 1. The average molecular weight is 216 g/mol. The lowest BCUT2D eigenvalue weighted by Crippen LogP contribution is -2.27. The zero-order valence-electron chi connectivity index (χ0n) is 7.72. The fourth-order valence-electron chi connectivity index (χ4n) is 1.57. The van der Waals surface area contributed by atoms with E-state index in [1.165, 1.54) is 0 Å². The zero-order chi connectivity index (χ0) is 9.26. The third-order valence-corrected chi connectivity index (χ3v) is 2.26. The van der Waals surface area contributed by atoms with Gasteiger partial charge in [-0.05, 0) is 12.5 Å². The van der Waals surface area contributed by atoms with E-state index in [1.807, 2.05) is 24.3 Å². The van der Waals surface area contributed by atoms with Crippen LogP contribution in [0.15, 0.2) is 24.3 Å². The molecule has 4 heteroatoms. The third kappa shape index (κ3) is 2.18. The van der Waals surface area contributed by atoms with Crippen molar-refractivity contribution in [3.63, 3.8) is 0 Å². The molecule has 0 aliphatic carbocycles. The number of para-hydroxylation sites is 1. The summed E-state index contributed by atoms with van der Waals surface area (Å²) in [6.07, 6.45) is 0.0745. The zero-order valence-corrected chi connectivity index (χ0v) is 8.54. The molecule has 78 valence electrons. The van der Waals surface area contributed by atoms with Crippen LogP contribution < -0.4 is 10.5 Å². The number of aliphatic hydroxyl groups is 1. The van der Waals surface area contributed by atoms with Crippen LogP contribution in [0.1, 0.15) is 18.1 Å². The van der Waals surface area contributed by atoms with Crippen LogP contribution in [-0.4, -0.2) is 17.8 Å². The molecular formula is C10H14ClNO2. The Balaban J connectivity index is 0.000000980. The number of ether oxygens (including phenoxy) is 1. The number of hydrogen-bond acceptors (Lipinski definition) is 3. The van der Waals surface area contributed by atoms with E-state index in [1.54, 1.807) is 0 Å². The lowest BCUT2D eigenvalue weighted by atomic mass is 10.0. The van der Waals surface area contributed by atoms with Gasteiger partial charge in [0, 0.05) is 11.6 Å². The summed E-state index contributed by atoms with van der Waals surface area (Å²) in [6, 6.07) is 7.43. The van der Waals surface area contributed by atoms with E-state index >= 15 is 0 Å². The highest BCUT2D eigenvalue weighted by Crippen LogP contribution is 2.30. The van der Waals surface area contributed by atoms with Gasteiger partial charge in [0.05, 0.1) is 6.10 Å². The molecule has 14 heavy (non-hydrogen) atoms. The van der Waals surface area contributed by atoms with Gasteiger partial charge in [-0.25, -0.2) is 0 Å². The minimum atomic E-state index is -0.492. The molecule has 0 aromatic heterocycles. The minimum absolute atomic E-state index is 0. The summed E-state index contributed by atoms with van der Waals surface area (Å²) in [5, 5.41) is 9.75. The normalized spacial score (nSPS) is 25.3. The number of halogens is 1. The first-order valence-electron chi connectivity index (χ1n) is 4.43. The van der Waals surface area contributed by atoms with Crippen molar-refractivity contribution in [3.05, 3.63) is 29.8 Å². The van der Waals surface area contributed by atoms with E-state index in [0.29, 0.717) is 13.0 Å². The topological polar surface area (TPSA) is 55.5 Å². The van der Waals surface area contributed by atoms with Gasteiger partial charge in [-0.3, -0.25) is 0 Å². The van der Waals surface area contributed by atoms with Crippen molar-refractivity contribution in [2.24, 2.45) is 5.73 Å². The van der Waals surface area contributed by atoms with Gasteiger partial charge in [0.25, 0.3) is 0 Å². The number of benzene rings is 1. The van der Waals surface area contributed by atoms with Crippen molar-refractivity contribution in [2.75, 3.05) is 6.61 Å². The van der Waals surface area contributed by atoms with Gasteiger partial charge in [-0.15, -0.1) is 12.4 Å². The highest BCUT2D eigenvalue weighted by Gasteiger charge is 2.20. The fourth-order valence-corrected chi connectivity index (χ4v) is 1.57. The van der Waals surface area contributed by atoms with Crippen LogP contribution in [0.5, 0.6) is 5.75 Å². The van der Waals surface area contributed by atoms with Crippen molar-refractivity contribution in [2.45, 2.75) is 18.6 Å². The summed E-state index contributed by atoms with van der Waals surface area (Å²) in [5.74, 6) is 0.753. The van der Waals surface area contributed by atoms with Gasteiger partial charge in [0.15, 0.2) is 0 Å². The minimum Gasteiger partial charge on any atom is -0.492 e. The van der Waals surface area contributed by atoms with Crippen molar-refractivity contribution in [1.82, 2.24) is 0 Å². The van der Waals surface area contributed by atoms with Crippen LogP contribution in [-0.2, 0) is 0 Å². The molecule has 1 aliphatic rings. The predicted molar refractivity (Wildman–Crippen MR) is 56.7 cm³/mol. The molecule has 0 saturated carbocycles. The Morgan fingerprint density at radius 2 is 2.07 bits per heavy atom. The lowest BCUT2D eigenvalue weighted by molar-refractivity contribution is 0.159. The first-order chi connectivity index (χ1) is 6.27. The van der Waals surface area contributed by atoms with Crippen LogP contribution >= 0.6 is 12.4 Å². The predicted octanol–water partition coefficient (Wildman–Crippen LogP) is 1.25. The van der Waals surface area contributed by atoms with E-state index in [-0.39, 0.29) is 18.4 Å². The molecule has 3 N–H and O–H groups in total. The van der Waals surface area contributed by atoms with Gasteiger partial charge in [0.2, 0.25) is 0 Å². The Labute approximate surface area is 89.3 Å². The van der Waals surface area contributed by atoms with Gasteiger partial charge in [-0.1, -0.05) is 18.2 Å². The Bertz CT molecular complexity index is 306. The quantitative estimate of drug-likeness (QED) is 0.685. The third-order valence-electron chi connectivity index (χ3n) is 2.26. The second kappa shape index (κ2) is 4.64. The first kappa shape index (κ1) is 11.3. The largest absolute Gasteiger partial charge is 0.492 e. The van der Waals surface area contributed by atoms with Crippen molar-refractivity contribution in [3.8, 4) is 5.75 Å². The number of nitrogens with two attached hydrogens (primary N) is 1. The smallest absolute Gasteiger partial charge is 0.125 e. The summed E-state index contributed by atoms with van der Waals surface area (Å²) < 4.78 is 5.45. The molecule has 1 aromatic rings. The lowest BCUT2D eigenvalue weighted by Gasteiger charge is -2.10. The maximum Gasteiger partial charge on any atom is 0.125 e. The molecule has 3 nitrogen and oxygen atoms in total. The van der Waals surface area contributed by atoms with Gasteiger partial charge in [0.1, 0.15) is 12.4 Å². The Kier molecular flexibility index (Phi) is 3.75. The molecule has 2 rings (SSSR count). The molecule has 0 spiro atoms. The standard InChI is InChI=1S/C10H13NO2.ClH/c11-7-5-9(12)8-3-1-2-4-10(8)13-6-7;/h1-4,7,9,12H,5-6,11H2;1H/t7-,9+;/m0./s1. The maximum absolute atomic E-state index is 9.75. The molecule has 0 saturated heterocycles. The second-order valence-corrected chi connectivity index (χ2v) is 3.36. The average Bonchev–Trinajstić information content (AvgIpc) is 2.27. The summed E-state index contributed by atoms with van der Waals surface area (Å²) in [5.41, 5.74) is 6.56. The fraction of sp³-hybridized carbons (Fsp3) is 0.400. The molecule has 0 fully saturated rings. The van der Waals surface area contributed by atoms with E-state index in [2.05, 4.69) is 0 Å². The summed E-state index contributed by atoms with van der Waals surface area (Å²) in [7, 11) is 0. The van der Waals surface area contributed by atoms with Crippen molar-refractivity contribution < 1.29 is 9.84 Å². The molecular weight excluding hydrogens is 202 g/mol. The monoisotopic (exact) mass is 215 g/mol. The van der Waals surface area contributed by atoms with Crippen LogP contribution in [0, 0.1) is 0 Å². The summed E-state index contributed by atoms with van der Waals surface area (Å²) >= 11 is 0. The number of fused-ring (bicyclic) bond motifs is 1. The highest BCUT2D eigenvalue weighted by atomic mass is 35.5. The number of rotatable bonds is 0. The van der Waals surface area contributed by atoms with Crippen LogP contribution in [0.4, 0.5) is 0 Å². The SMILES string of the molecule is Cl.N[C@@H]1COc2ccccc2[C@H](O)C1. The Morgan fingerprint density at radius 3 is 2.86 bits per heavy atom. The molecule has 0 radical (unpaired) electrons. The molecule has 1 aromatic carbocycles. The molecule has 0 unspecified atom stereocenters. The van der Waals surface area contributed by atoms with E-state index < -0.39 is 6.10 Å².